The van der Waals surface area contributed by atoms with E-state index in [4.69, 9.17) is 9.47 Å². The Morgan fingerprint density at radius 3 is 1.71 bits per heavy atom. The molecule has 0 saturated heterocycles. The minimum absolute atomic E-state index is 0.179. The lowest BCUT2D eigenvalue weighted by atomic mass is 10.1. The van der Waals surface area contributed by atoms with Crippen LogP contribution in [0.5, 0.6) is 0 Å². The molecule has 0 heterocycles. The first-order valence-electron chi connectivity index (χ1n) is 6.21. The molecule has 6 nitrogen and oxygen atoms in total. The van der Waals surface area contributed by atoms with Crippen LogP contribution in [-0.2, 0) is 23.9 Å². The van der Waals surface area contributed by atoms with Crippen LogP contribution >= 0.6 is 0 Å². The Morgan fingerprint density at radius 2 is 1.43 bits per heavy atom. The Balaban J connectivity index is 4.83. The standard InChI is InChI=1S/C15H21NO5/c1-7-12(17)16-15(6,8-20-13(18)10(2)3)9-21-14(19)11(4)5/h7H,1-2,4,8-9H2,3,5-6H3,(H,16,17). The zero-order valence-corrected chi connectivity index (χ0v) is 12.7. The second-order valence-electron chi connectivity index (χ2n) is 4.97. The summed E-state index contributed by atoms with van der Waals surface area (Å²) >= 11 is 0. The van der Waals surface area contributed by atoms with E-state index in [0.717, 1.165) is 6.08 Å². The van der Waals surface area contributed by atoms with E-state index in [1.165, 1.54) is 13.8 Å². The van der Waals surface area contributed by atoms with Gasteiger partial charge in [-0.1, -0.05) is 19.7 Å². The average molecular weight is 295 g/mol. The molecule has 21 heavy (non-hydrogen) atoms. The fourth-order valence-corrected chi connectivity index (χ4v) is 1.16. The van der Waals surface area contributed by atoms with Crippen molar-refractivity contribution in [3.8, 4) is 0 Å². The first kappa shape index (κ1) is 18.6. The average Bonchev–Trinajstić information content (AvgIpc) is 2.41. The van der Waals surface area contributed by atoms with Gasteiger partial charge in [0.05, 0.1) is 0 Å². The lowest BCUT2D eigenvalue weighted by Crippen LogP contribution is -2.53. The van der Waals surface area contributed by atoms with Crippen LogP contribution in [0.1, 0.15) is 20.8 Å². The van der Waals surface area contributed by atoms with E-state index in [0.29, 0.717) is 0 Å². The lowest BCUT2D eigenvalue weighted by molar-refractivity contribution is -0.147. The molecule has 0 aliphatic carbocycles. The summed E-state index contributed by atoms with van der Waals surface area (Å²) in [5.74, 6) is -1.67. The molecule has 0 unspecified atom stereocenters. The highest BCUT2D eigenvalue weighted by molar-refractivity contribution is 5.89. The minimum Gasteiger partial charge on any atom is -0.460 e. The fraction of sp³-hybridized carbons (Fsp3) is 0.400. The Hall–Kier alpha value is -2.37. The van der Waals surface area contributed by atoms with Crippen molar-refractivity contribution in [3.63, 3.8) is 0 Å². The highest BCUT2D eigenvalue weighted by atomic mass is 16.5. The maximum Gasteiger partial charge on any atom is 0.333 e. The van der Waals surface area contributed by atoms with Gasteiger partial charge in [-0.15, -0.1) is 0 Å². The van der Waals surface area contributed by atoms with Crippen LogP contribution < -0.4 is 5.32 Å². The highest BCUT2D eigenvalue weighted by Crippen LogP contribution is 2.09. The molecule has 6 heteroatoms. The maximum atomic E-state index is 11.4. The van der Waals surface area contributed by atoms with E-state index in [9.17, 15) is 14.4 Å². The number of carbonyl (C=O) groups is 3. The molecule has 0 atom stereocenters. The van der Waals surface area contributed by atoms with Gasteiger partial charge in [0.25, 0.3) is 0 Å². The van der Waals surface area contributed by atoms with Gasteiger partial charge in [0, 0.05) is 11.1 Å². The van der Waals surface area contributed by atoms with Crippen molar-refractivity contribution < 1.29 is 23.9 Å². The first-order valence-corrected chi connectivity index (χ1v) is 6.21. The van der Waals surface area contributed by atoms with Gasteiger partial charge >= 0.3 is 11.9 Å². The summed E-state index contributed by atoms with van der Waals surface area (Å²) in [6.07, 6.45) is 1.07. The van der Waals surface area contributed by atoms with Crippen LogP contribution in [0.2, 0.25) is 0 Å². The van der Waals surface area contributed by atoms with Gasteiger partial charge in [-0.05, 0) is 26.8 Å². The summed E-state index contributed by atoms with van der Waals surface area (Å²) in [6, 6.07) is 0. The number of carbonyl (C=O) groups excluding carboxylic acids is 3. The third-order valence-corrected chi connectivity index (χ3v) is 2.35. The normalized spacial score (nSPS) is 10.2. The van der Waals surface area contributed by atoms with E-state index < -0.39 is 23.4 Å². The largest absolute Gasteiger partial charge is 0.460 e. The number of rotatable bonds is 8. The van der Waals surface area contributed by atoms with Gasteiger partial charge in [-0.25, -0.2) is 9.59 Å². The van der Waals surface area contributed by atoms with Gasteiger partial charge in [-0.3, -0.25) is 4.79 Å². The number of hydrogen-bond acceptors (Lipinski definition) is 5. The van der Waals surface area contributed by atoms with Crippen molar-refractivity contribution in [2.75, 3.05) is 13.2 Å². The second-order valence-corrected chi connectivity index (χ2v) is 4.97. The summed E-state index contributed by atoms with van der Waals surface area (Å²) in [5.41, 5.74) is -0.626. The van der Waals surface area contributed by atoms with Crippen molar-refractivity contribution in [2.45, 2.75) is 26.3 Å². The van der Waals surface area contributed by atoms with Crippen molar-refractivity contribution in [2.24, 2.45) is 0 Å². The Kier molecular flexibility index (Phi) is 7.13. The van der Waals surface area contributed by atoms with Crippen LogP contribution in [0.15, 0.2) is 37.0 Å². The van der Waals surface area contributed by atoms with Crippen LogP contribution in [0.25, 0.3) is 0 Å². The summed E-state index contributed by atoms with van der Waals surface area (Å²) in [5, 5.41) is 2.56. The predicted molar refractivity (Wildman–Crippen MR) is 78.3 cm³/mol. The van der Waals surface area contributed by atoms with Crippen molar-refractivity contribution in [3.05, 3.63) is 37.0 Å². The molecule has 0 aromatic carbocycles. The molecule has 0 bridgehead atoms. The fourth-order valence-electron chi connectivity index (χ4n) is 1.16. The lowest BCUT2D eigenvalue weighted by Gasteiger charge is -2.29. The molecule has 1 amide bonds. The van der Waals surface area contributed by atoms with E-state index in [2.05, 4.69) is 25.1 Å². The number of nitrogens with one attached hydrogen (secondary N) is 1. The number of ether oxygens (including phenoxy) is 2. The summed E-state index contributed by atoms with van der Waals surface area (Å²) in [7, 11) is 0. The molecule has 116 valence electrons. The smallest absolute Gasteiger partial charge is 0.333 e. The van der Waals surface area contributed by atoms with Gasteiger partial charge in [0.15, 0.2) is 0 Å². The molecule has 0 aromatic heterocycles. The Labute approximate surface area is 124 Å². The molecule has 0 aliphatic heterocycles. The van der Waals surface area contributed by atoms with E-state index in [-0.39, 0.29) is 24.4 Å². The van der Waals surface area contributed by atoms with Crippen molar-refractivity contribution >= 4 is 17.8 Å². The predicted octanol–water partition coefficient (Wildman–Crippen LogP) is 1.29. The van der Waals surface area contributed by atoms with Gasteiger partial charge < -0.3 is 14.8 Å². The number of amides is 1. The molecule has 0 radical (unpaired) electrons. The quantitative estimate of drug-likeness (QED) is 0.539. The minimum atomic E-state index is -1.08. The number of hydrogen-bond donors (Lipinski definition) is 1. The van der Waals surface area contributed by atoms with Gasteiger partial charge in [0.2, 0.25) is 5.91 Å². The Morgan fingerprint density at radius 1 is 1.05 bits per heavy atom. The van der Waals surface area contributed by atoms with E-state index in [1.807, 2.05) is 0 Å². The Bertz CT molecular complexity index is 448. The molecule has 0 fully saturated rings. The van der Waals surface area contributed by atoms with Gasteiger partial charge in [0.1, 0.15) is 18.8 Å². The topological polar surface area (TPSA) is 81.7 Å². The summed E-state index contributed by atoms with van der Waals surface area (Å²) < 4.78 is 10.0. The molecular weight excluding hydrogens is 274 g/mol. The van der Waals surface area contributed by atoms with Gasteiger partial charge in [-0.2, -0.15) is 0 Å². The summed E-state index contributed by atoms with van der Waals surface area (Å²) in [4.78, 5) is 34.3. The molecular formula is C15H21NO5. The second kappa shape index (κ2) is 8.04. The maximum absolute atomic E-state index is 11.4. The monoisotopic (exact) mass is 295 g/mol. The zero-order valence-electron chi connectivity index (χ0n) is 12.7. The van der Waals surface area contributed by atoms with Crippen LogP contribution in [0, 0.1) is 0 Å². The molecule has 0 saturated carbocycles. The molecule has 0 aromatic rings. The van der Waals surface area contributed by atoms with Crippen LogP contribution in [0.3, 0.4) is 0 Å². The molecule has 0 aliphatic rings. The zero-order chi connectivity index (χ0) is 16.6. The number of esters is 2. The molecule has 0 spiro atoms. The van der Waals surface area contributed by atoms with Crippen LogP contribution in [0.4, 0.5) is 0 Å². The molecule has 0 rings (SSSR count). The SMILES string of the molecule is C=CC(=O)NC(C)(COC(=O)C(=C)C)COC(=O)C(=C)C. The first-order chi connectivity index (χ1) is 9.61. The summed E-state index contributed by atoms with van der Waals surface area (Å²) in [6.45, 7) is 14.5. The highest BCUT2D eigenvalue weighted by Gasteiger charge is 2.30. The van der Waals surface area contributed by atoms with E-state index in [1.54, 1.807) is 6.92 Å². The van der Waals surface area contributed by atoms with Crippen molar-refractivity contribution in [1.82, 2.24) is 5.32 Å². The molecule has 1 N–H and O–H groups in total. The third-order valence-electron chi connectivity index (χ3n) is 2.35. The van der Waals surface area contributed by atoms with E-state index >= 15 is 0 Å². The van der Waals surface area contributed by atoms with Crippen molar-refractivity contribution in [1.29, 1.82) is 0 Å². The third kappa shape index (κ3) is 7.10. The van der Waals surface area contributed by atoms with Crippen LogP contribution in [-0.4, -0.2) is 36.6 Å².